The van der Waals surface area contributed by atoms with Gasteiger partial charge in [0.05, 0.1) is 0 Å². The van der Waals surface area contributed by atoms with E-state index in [0.29, 0.717) is 11.8 Å². The van der Waals surface area contributed by atoms with Crippen LogP contribution in [0, 0.1) is 5.92 Å². The molecule has 0 bridgehead atoms. The van der Waals surface area contributed by atoms with Crippen LogP contribution >= 0.6 is 15.9 Å². The van der Waals surface area contributed by atoms with Crippen molar-refractivity contribution < 1.29 is 0 Å². The lowest BCUT2D eigenvalue weighted by molar-refractivity contribution is 0.424. The van der Waals surface area contributed by atoms with E-state index in [-0.39, 0.29) is 0 Å². The number of hydrogen-bond donors (Lipinski definition) is 1. The zero-order valence-electron chi connectivity index (χ0n) is 10.5. The molecule has 0 aromatic heterocycles. The van der Waals surface area contributed by atoms with E-state index in [9.17, 15) is 0 Å². The molecule has 1 aromatic rings. The van der Waals surface area contributed by atoms with Crippen LogP contribution in [0.4, 0.5) is 0 Å². The molecule has 0 aliphatic rings. The molecule has 0 saturated carbocycles. The largest absolute Gasteiger partial charge is 0.316 e. The second-order valence-corrected chi connectivity index (χ2v) is 5.27. The van der Waals surface area contributed by atoms with Crippen molar-refractivity contribution in [2.75, 3.05) is 13.1 Å². The lowest BCUT2D eigenvalue weighted by atomic mass is 9.85. The SMILES string of the molecule is CCNCC(c1cccc(Br)c1)C(C)CC. The van der Waals surface area contributed by atoms with Crippen LogP contribution in [-0.2, 0) is 0 Å². The summed E-state index contributed by atoms with van der Waals surface area (Å²) in [5.41, 5.74) is 1.43. The maximum atomic E-state index is 3.55. The molecule has 0 spiro atoms. The molecule has 2 atom stereocenters. The van der Waals surface area contributed by atoms with Crippen molar-refractivity contribution in [2.45, 2.75) is 33.1 Å². The summed E-state index contributed by atoms with van der Waals surface area (Å²) in [7, 11) is 0. The molecular formula is C14H22BrN. The van der Waals surface area contributed by atoms with Crippen LogP contribution in [0.25, 0.3) is 0 Å². The second-order valence-electron chi connectivity index (χ2n) is 4.35. The minimum absolute atomic E-state index is 0.613. The molecule has 2 unspecified atom stereocenters. The highest BCUT2D eigenvalue weighted by molar-refractivity contribution is 9.10. The van der Waals surface area contributed by atoms with Gasteiger partial charge in [0.25, 0.3) is 0 Å². The van der Waals surface area contributed by atoms with E-state index in [1.165, 1.54) is 16.5 Å². The van der Waals surface area contributed by atoms with Crippen molar-refractivity contribution in [3.8, 4) is 0 Å². The maximum Gasteiger partial charge on any atom is 0.0178 e. The number of likely N-dealkylation sites (N-methyl/N-ethyl adjacent to an activating group) is 1. The van der Waals surface area contributed by atoms with Gasteiger partial charge in [0.2, 0.25) is 0 Å². The Bertz CT molecular complexity index is 311. The van der Waals surface area contributed by atoms with Gasteiger partial charge in [-0.2, -0.15) is 0 Å². The first-order valence-electron chi connectivity index (χ1n) is 6.15. The fraction of sp³-hybridized carbons (Fsp3) is 0.571. The summed E-state index contributed by atoms with van der Waals surface area (Å²) >= 11 is 3.55. The highest BCUT2D eigenvalue weighted by atomic mass is 79.9. The fourth-order valence-electron chi connectivity index (χ4n) is 1.97. The summed E-state index contributed by atoms with van der Waals surface area (Å²) in [4.78, 5) is 0. The molecule has 1 aromatic carbocycles. The van der Waals surface area contributed by atoms with Gasteiger partial charge in [-0.15, -0.1) is 0 Å². The number of rotatable bonds is 6. The van der Waals surface area contributed by atoms with Crippen molar-refractivity contribution in [1.29, 1.82) is 0 Å². The van der Waals surface area contributed by atoms with Gasteiger partial charge >= 0.3 is 0 Å². The molecule has 2 heteroatoms. The molecule has 0 aliphatic carbocycles. The van der Waals surface area contributed by atoms with Gasteiger partial charge in [0.15, 0.2) is 0 Å². The van der Waals surface area contributed by atoms with E-state index >= 15 is 0 Å². The molecule has 0 amide bonds. The van der Waals surface area contributed by atoms with Crippen LogP contribution in [-0.4, -0.2) is 13.1 Å². The Morgan fingerprint density at radius 3 is 2.62 bits per heavy atom. The van der Waals surface area contributed by atoms with Crippen molar-refractivity contribution in [2.24, 2.45) is 5.92 Å². The van der Waals surface area contributed by atoms with Crippen LogP contribution < -0.4 is 5.32 Å². The van der Waals surface area contributed by atoms with Gasteiger partial charge in [-0.25, -0.2) is 0 Å². The molecule has 1 N–H and O–H groups in total. The van der Waals surface area contributed by atoms with Crippen LogP contribution in [0.5, 0.6) is 0 Å². The van der Waals surface area contributed by atoms with Gasteiger partial charge in [0, 0.05) is 11.0 Å². The number of benzene rings is 1. The summed E-state index contributed by atoms with van der Waals surface area (Å²) in [6, 6.07) is 8.69. The molecule has 0 saturated heterocycles. The standard InChI is InChI=1S/C14H22BrN/c1-4-11(3)14(10-16-5-2)12-7-6-8-13(15)9-12/h6-9,11,14,16H,4-5,10H2,1-3H3. The predicted molar refractivity (Wildman–Crippen MR) is 74.9 cm³/mol. The maximum absolute atomic E-state index is 3.55. The molecule has 0 aliphatic heterocycles. The number of nitrogens with one attached hydrogen (secondary N) is 1. The van der Waals surface area contributed by atoms with Crippen molar-refractivity contribution >= 4 is 15.9 Å². The van der Waals surface area contributed by atoms with E-state index in [4.69, 9.17) is 0 Å². The first kappa shape index (κ1) is 13.7. The third kappa shape index (κ3) is 3.91. The Balaban J connectivity index is 2.82. The van der Waals surface area contributed by atoms with Gasteiger partial charge in [-0.3, -0.25) is 0 Å². The monoisotopic (exact) mass is 283 g/mol. The van der Waals surface area contributed by atoms with Crippen molar-refractivity contribution in [1.82, 2.24) is 5.32 Å². The average Bonchev–Trinajstić information content (AvgIpc) is 2.29. The van der Waals surface area contributed by atoms with Gasteiger partial charge in [-0.05, 0) is 36.1 Å². The van der Waals surface area contributed by atoms with E-state index < -0.39 is 0 Å². The minimum atomic E-state index is 0.613. The number of hydrogen-bond acceptors (Lipinski definition) is 1. The minimum Gasteiger partial charge on any atom is -0.316 e. The topological polar surface area (TPSA) is 12.0 Å². The van der Waals surface area contributed by atoms with E-state index in [2.05, 4.69) is 66.3 Å². The Morgan fingerprint density at radius 2 is 2.06 bits per heavy atom. The van der Waals surface area contributed by atoms with E-state index in [0.717, 1.165) is 13.1 Å². The molecule has 16 heavy (non-hydrogen) atoms. The van der Waals surface area contributed by atoms with Crippen LogP contribution in [0.2, 0.25) is 0 Å². The summed E-state index contributed by atoms with van der Waals surface area (Å²) in [5, 5.41) is 3.47. The lowest BCUT2D eigenvalue weighted by Gasteiger charge is -2.24. The molecule has 0 heterocycles. The summed E-state index contributed by atoms with van der Waals surface area (Å²) in [6.07, 6.45) is 1.22. The first-order valence-corrected chi connectivity index (χ1v) is 6.94. The normalized spacial score (nSPS) is 14.8. The van der Waals surface area contributed by atoms with E-state index in [1.807, 2.05) is 0 Å². The lowest BCUT2D eigenvalue weighted by Crippen LogP contribution is -2.25. The molecule has 0 radical (unpaired) electrons. The van der Waals surface area contributed by atoms with Gasteiger partial charge in [0.1, 0.15) is 0 Å². The third-order valence-corrected chi connectivity index (χ3v) is 3.72. The highest BCUT2D eigenvalue weighted by Gasteiger charge is 2.17. The fourth-order valence-corrected chi connectivity index (χ4v) is 2.39. The van der Waals surface area contributed by atoms with Crippen LogP contribution in [0.1, 0.15) is 38.7 Å². The molecular weight excluding hydrogens is 262 g/mol. The molecule has 1 rings (SSSR count). The van der Waals surface area contributed by atoms with Gasteiger partial charge in [-0.1, -0.05) is 55.3 Å². The second kappa shape index (κ2) is 7.08. The van der Waals surface area contributed by atoms with Crippen molar-refractivity contribution in [3.63, 3.8) is 0 Å². The van der Waals surface area contributed by atoms with Crippen molar-refractivity contribution in [3.05, 3.63) is 34.3 Å². The smallest absolute Gasteiger partial charge is 0.0178 e. The molecule has 90 valence electrons. The Labute approximate surface area is 108 Å². The Kier molecular flexibility index (Phi) is 6.07. The van der Waals surface area contributed by atoms with E-state index in [1.54, 1.807) is 0 Å². The Morgan fingerprint density at radius 1 is 1.31 bits per heavy atom. The van der Waals surface area contributed by atoms with Crippen LogP contribution in [0.3, 0.4) is 0 Å². The third-order valence-electron chi connectivity index (χ3n) is 3.22. The van der Waals surface area contributed by atoms with Crippen LogP contribution in [0.15, 0.2) is 28.7 Å². The predicted octanol–water partition coefficient (Wildman–Crippen LogP) is 4.19. The average molecular weight is 284 g/mol. The summed E-state index contributed by atoms with van der Waals surface area (Å²) < 4.78 is 1.18. The highest BCUT2D eigenvalue weighted by Crippen LogP contribution is 2.28. The van der Waals surface area contributed by atoms with Gasteiger partial charge < -0.3 is 5.32 Å². The molecule has 0 fully saturated rings. The summed E-state index contributed by atoms with van der Waals surface area (Å²) in [5.74, 6) is 1.33. The Hall–Kier alpha value is -0.340. The quantitative estimate of drug-likeness (QED) is 0.826. The number of halogens is 1. The molecule has 1 nitrogen and oxygen atoms in total. The first-order chi connectivity index (χ1) is 7.69. The zero-order valence-corrected chi connectivity index (χ0v) is 12.0. The summed E-state index contributed by atoms with van der Waals surface area (Å²) in [6.45, 7) is 8.88. The zero-order chi connectivity index (χ0) is 12.0.